The van der Waals surface area contributed by atoms with Crippen molar-refractivity contribution in [2.75, 3.05) is 17.2 Å². The van der Waals surface area contributed by atoms with Gasteiger partial charge in [-0.25, -0.2) is 0 Å². The number of esters is 1. The van der Waals surface area contributed by atoms with E-state index >= 15 is 0 Å². The normalized spacial score (nSPS) is 10.6. The predicted octanol–water partition coefficient (Wildman–Crippen LogP) is 6.51. The second kappa shape index (κ2) is 13.3. The molecule has 0 fully saturated rings. The van der Waals surface area contributed by atoms with Crippen molar-refractivity contribution < 1.29 is 23.9 Å². The van der Waals surface area contributed by atoms with Gasteiger partial charge in [-0.1, -0.05) is 38.1 Å². The van der Waals surface area contributed by atoms with Gasteiger partial charge in [0.05, 0.1) is 0 Å². The van der Waals surface area contributed by atoms with E-state index in [2.05, 4.69) is 36.6 Å². The minimum Gasteiger partial charge on any atom is -0.457 e. The highest BCUT2D eigenvalue weighted by molar-refractivity contribution is 5.93. The molecule has 0 aromatic heterocycles. The minimum atomic E-state index is -0.523. The highest BCUT2D eigenvalue weighted by Gasteiger charge is 2.11. The first-order chi connectivity index (χ1) is 17.7. The van der Waals surface area contributed by atoms with Gasteiger partial charge in [-0.05, 0) is 85.3 Å². The lowest BCUT2D eigenvalue weighted by atomic mass is 10.0. The molecule has 0 saturated carbocycles. The number of hydrogen-bond donors (Lipinski definition) is 2. The van der Waals surface area contributed by atoms with Crippen LogP contribution in [0, 0.1) is 13.8 Å². The molecule has 2 N–H and O–H groups in total. The second-order valence-electron chi connectivity index (χ2n) is 9.30. The third-order valence-corrected chi connectivity index (χ3v) is 5.61. The number of rotatable bonds is 11. The van der Waals surface area contributed by atoms with Crippen LogP contribution < -0.4 is 15.4 Å². The summed E-state index contributed by atoms with van der Waals surface area (Å²) < 4.78 is 11.1. The van der Waals surface area contributed by atoms with Gasteiger partial charge in [-0.3, -0.25) is 14.4 Å². The molecule has 0 spiro atoms. The molecule has 0 radical (unpaired) electrons. The molecule has 0 aliphatic rings. The smallest absolute Gasteiger partial charge is 0.306 e. The maximum atomic E-state index is 12.3. The van der Waals surface area contributed by atoms with E-state index in [-0.39, 0.29) is 25.4 Å². The molecule has 3 aromatic rings. The highest BCUT2D eigenvalue weighted by atomic mass is 16.5. The van der Waals surface area contributed by atoms with Gasteiger partial charge in [0.25, 0.3) is 5.91 Å². The number of aryl methyl sites for hydroxylation is 2. The predicted molar refractivity (Wildman–Crippen MR) is 145 cm³/mol. The van der Waals surface area contributed by atoms with Gasteiger partial charge in [0.2, 0.25) is 5.91 Å². The minimum absolute atomic E-state index is 0.0482. The largest absolute Gasteiger partial charge is 0.457 e. The Morgan fingerprint density at radius 1 is 0.784 bits per heavy atom. The molecule has 7 nitrogen and oxygen atoms in total. The number of hydrogen-bond acceptors (Lipinski definition) is 5. The summed E-state index contributed by atoms with van der Waals surface area (Å²) in [6, 6.07) is 20.7. The average molecular weight is 503 g/mol. The van der Waals surface area contributed by atoms with Crippen LogP contribution in [0.4, 0.5) is 11.4 Å². The summed E-state index contributed by atoms with van der Waals surface area (Å²) in [7, 11) is 0. The molecule has 2 amide bonds. The van der Waals surface area contributed by atoms with Crippen molar-refractivity contribution >= 4 is 29.2 Å². The lowest BCUT2D eigenvalue weighted by Gasteiger charge is -2.15. The van der Waals surface area contributed by atoms with Crippen molar-refractivity contribution in [3.8, 4) is 11.5 Å². The quantitative estimate of drug-likeness (QED) is 0.292. The van der Waals surface area contributed by atoms with Crippen molar-refractivity contribution in [3.63, 3.8) is 0 Å². The molecule has 0 bridgehead atoms. The van der Waals surface area contributed by atoms with Gasteiger partial charge >= 0.3 is 5.97 Å². The summed E-state index contributed by atoms with van der Waals surface area (Å²) in [4.78, 5) is 36.1. The van der Waals surface area contributed by atoms with Crippen LogP contribution in [0.15, 0.2) is 66.7 Å². The number of nitrogens with one attached hydrogen (secondary N) is 2. The van der Waals surface area contributed by atoms with Crippen LogP contribution in [0.5, 0.6) is 11.5 Å². The van der Waals surface area contributed by atoms with Crippen LogP contribution in [-0.2, 0) is 19.1 Å². The van der Waals surface area contributed by atoms with Gasteiger partial charge in [0.1, 0.15) is 11.5 Å². The molecule has 37 heavy (non-hydrogen) atoms. The number of benzene rings is 3. The lowest BCUT2D eigenvalue weighted by Crippen LogP contribution is -2.21. The Bertz CT molecular complexity index is 1230. The Kier molecular flexibility index (Phi) is 9.84. The zero-order chi connectivity index (χ0) is 26.8. The van der Waals surface area contributed by atoms with Crippen molar-refractivity contribution in [1.82, 2.24) is 0 Å². The summed E-state index contributed by atoms with van der Waals surface area (Å²) in [5, 5.41) is 5.49. The average Bonchev–Trinajstić information content (AvgIpc) is 2.84. The highest BCUT2D eigenvalue weighted by Crippen LogP contribution is 2.32. The van der Waals surface area contributed by atoms with E-state index in [4.69, 9.17) is 9.47 Å². The van der Waals surface area contributed by atoms with E-state index in [0.29, 0.717) is 29.5 Å². The Morgan fingerprint density at radius 2 is 1.49 bits per heavy atom. The second-order valence-corrected chi connectivity index (χ2v) is 9.30. The number of ether oxygens (including phenoxy) is 2. The molecule has 0 saturated heterocycles. The maximum absolute atomic E-state index is 12.3. The van der Waals surface area contributed by atoms with Crippen LogP contribution in [0.25, 0.3) is 0 Å². The summed E-state index contributed by atoms with van der Waals surface area (Å²) >= 11 is 0. The molecule has 3 rings (SSSR count). The van der Waals surface area contributed by atoms with E-state index in [9.17, 15) is 14.4 Å². The van der Waals surface area contributed by atoms with Crippen LogP contribution in [0.3, 0.4) is 0 Å². The molecule has 0 aliphatic heterocycles. The summed E-state index contributed by atoms with van der Waals surface area (Å²) in [5.74, 6) is 0.699. The zero-order valence-corrected chi connectivity index (χ0v) is 21.8. The molecular formula is C30H34N2O5. The van der Waals surface area contributed by atoms with Gasteiger partial charge < -0.3 is 20.1 Å². The molecule has 0 unspecified atom stereocenters. The van der Waals surface area contributed by atoms with Crippen molar-refractivity contribution in [1.29, 1.82) is 0 Å². The van der Waals surface area contributed by atoms with E-state index in [1.54, 1.807) is 30.3 Å². The zero-order valence-electron chi connectivity index (χ0n) is 21.8. The Morgan fingerprint density at radius 3 is 2.19 bits per heavy atom. The third-order valence-electron chi connectivity index (χ3n) is 5.61. The third kappa shape index (κ3) is 9.11. The molecule has 0 heterocycles. The van der Waals surface area contributed by atoms with Gasteiger partial charge in [-0.2, -0.15) is 0 Å². The number of carbonyl (C=O) groups excluding carboxylic acids is 3. The molecule has 7 heteroatoms. The fraction of sp³-hybridized carbons (Fsp3) is 0.300. The Balaban J connectivity index is 1.38. The topological polar surface area (TPSA) is 93.7 Å². The van der Waals surface area contributed by atoms with Crippen LogP contribution in [-0.4, -0.2) is 24.4 Å². The van der Waals surface area contributed by atoms with Crippen molar-refractivity contribution in [3.05, 3.63) is 83.4 Å². The Labute approximate surface area is 218 Å². The Hall–Kier alpha value is -4.13. The van der Waals surface area contributed by atoms with Crippen LogP contribution in [0.1, 0.15) is 55.7 Å². The van der Waals surface area contributed by atoms with Crippen molar-refractivity contribution in [2.24, 2.45) is 0 Å². The summed E-state index contributed by atoms with van der Waals surface area (Å²) in [6.07, 6.45) is 0.521. The molecule has 3 aromatic carbocycles. The number of amides is 2. The molecule has 0 atom stereocenters. The van der Waals surface area contributed by atoms with E-state index in [1.807, 2.05) is 38.1 Å². The lowest BCUT2D eigenvalue weighted by molar-refractivity contribution is -0.147. The monoisotopic (exact) mass is 502 g/mol. The molecular weight excluding hydrogens is 468 g/mol. The van der Waals surface area contributed by atoms with E-state index in [0.717, 1.165) is 22.4 Å². The van der Waals surface area contributed by atoms with Crippen LogP contribution >= 0.6 is 0 Å². The number of anilines is 2. The first-order valence-electron chi connectivity index (χ1n) is 12.4. The van der Waals surface area contributed by atoms with Crippen molar-refractivity contribution in [2.45, 2.75) is 52.9 Å². The fourth-order valence-electron chi connectivity index (χ4n) is 3.70. The maximum Gasteiger partial charge on any atom is 0.306 e. The fourth-order valence-corrected chi connectivity index (χ4v) is 3.70. The van der Waals surface area contributed by atoms with E-state index < -0.39 is 11.9 Å². The van der Waals surface area contributed by atoms with Gasteiger partial charge in [-0.15, -0.1) is 0 Å². The summed E-state index contributed by atoms with van der Waals surface area (Å²) in [5.41, 5.74) is 4.56. The standard InChI is InChI=1S/C30H34N2O5/c1-20(2)26-16-11-22(4)18-27(26)37-25-14-12-23(13-15-25)31-28(33)9-6-10-30(35)36-19-29(34)32-24-8-5-7-21(3)17-24/h5,7-8,11-18,20H,6,9-10,19H2,1-4H3,(H,31,33)(H,32,34). The first-order valence-corrected chi connectivity index (χ1v) is 12.4. The number of carbonyl (C=O) groups is 3. The summed E-state index contributed by atoms with van der Waals surface area (Å²) in [6.45, 7) is 7.83. The van der Waals surface area contributed by atoms with E-state index in [1.165, 1.54) is 0 Å². The van der Waals surface area contributed by atoms with Gasteiger partial charge in [0, 0.05) is 24.2 Å². The first kappa shape index (κ1) is 27.5. The van der Waals surface area contributed by atoms with Crippen LogP contribution in [0.2, 0.25) is 0 Å². The van der Waals surface area contributed by atoms with Gasteiger partial charge in [0.15, 0.2) is 6.61 Å². The molecule has 0 aliphatic carbocycles. The SMILES string of the molecule is Cc1cccc(NC(=O)COC(=O)CCCC(=O)Nc2ccc(Oc3cc(C)ccc3C(C)C)cc2)c1. The molecule has 194 valence electrons.